The molecule has 0 saturated carbocycles. The van der Waals surface area contributed by atoms with E-state index in [0.29, 0.717) is 0 Å². The lowest BCUT2D eigenvalue weighted by molar-refractivity contribution is 0.404. The highest BCUT2D eigenvalue weighted by molar-refractivity contribution is 5.60. The van der Waals surface area contributed by atoms with E-state index in [1.807, 2.05) is 18.2 Å². The van der Waals surface area contributed by atoms with Crippen LogP contribution in [0.1, 0.15) is 11.1 Å². The van der Waals surface area contributed by atoms with Crippen molar-refractivity contribution in [3.05, 3.63) is 47.5 Å². The third kappa shape index (κ3) is 4.32. The quantitative estimate of drug-likeness (QED) is 0.762. The van der Waals surface area contributed by atoms with Crippen molar-refractivity contribution in [2.45, 2.75) is 13.8 Å². The van der Waals surface area contributed by atoms with Crippen molar-refractivity contribution in [1.82, 2.24) is 0 Å². The predicted molar refractivity (Wildman–Crippen MR) is 92.4 cm³/mol. The van der Waals surface area contributed by atoms with Crippen LogP contribution in [-0.2, 0) is 0 Å². The maximum atomic E-state index is 5.35. The maximum Gasteiger partial charge on any atom is 0.142 e. The summed E-state index contributed by atoms with van der Waals surface area (Å²) in [6.45, 7) is 5.83. The first-order chi connectivity index (χ1) is 10.6. The Morgan fingerprint density at radius 3 is 2.14 bits per heavy atom. The van der Waals surface area contributed by atoms with Gasteiger partial charge in [-0.1, -0.05) is 6.07 Å². The number of hydrogen-bond donors (Lipinski definition) is 2. The molecule has 4 heteroatoms. The lowest BCUT2D eigenvalue weighted by Crippen LogP contribution is -2.14. The molecule has 0 amide bonds. The van der Waals surface area contributed by atoms with Crippen LogP contribution in [0.25, 0.3) is 0 Å². The zero-order valence-electron chi connectivity index (χ0n) is 13.7. The number of methoxy groups -OCH3 is 2. The lowest BCUT2D eigenvalue weighted by Gasteiger charge is -2.14. The molecule has 0 unspecified atom stereocenters. The van der Waals surface area contributed by atoms with Gasteiger partial charge in [0.05, 0.1) is 19.9 Å². The first kappa shape index (κ1) is 16.0. The van der Waals surface area contributed by atoms with E-state index in [2.05, 4.69) is 42.7 Å². The average Bonchev–Trinajstić information content (AvgIpc) is 2.50. The maximum absolute atomic E-state index is 5.35. The Balaban J connectivity index is 1.90. The second-order valence-electron chi connectivity index (χ2n) is 5.30. The minimum absolute atomic E-state index is 0.788. The highest BCUT2D eigenvalue weighted by Crippen LogP contribution is 2.28. The van der Waals surface area contributed by atoms with Crippen molar-refractivity contribution < 1.29 is 9.47 Å². The molecule has 0 atom stereocenters. The third-order valence-electron chi connectivity index (χ3n) is 3.40. The summed E-state index contributed by atoms with van der Waals surface area (Å²) < 4.78 is 10.6. The Morgan fingerprint density at radius 2 is 1.50 bits per heavy atom. The third-order valence-corrected chi connectivity index (χ3v) is 3.40. The smallest absolute Gasteiger partial charge is 0.142 e. The fraction of sp³-hybridized carbons (Fsp3) is 0.333. The van der Waals surface area contributed by atoms with Gasteiger partial charge in [0.1, 0.15) is 11.5 Å². The summed E-state index contributed by atoms with van der Waals surface area (Å²) in [5, 5.41) is 6.80. The zero-order chi connectivity index (χ0) is 15.9. The molecule has 2 aromatic rings. The van der Waals surface area contributed by atoms with Gasteiger partial charge in [0.2, 0.25) is 0 Å². The fourth-order valence-electron chi connectivity index (χ4n) is 2.43. The van der Waals surface area contributed by atoms with Gasteiger partial charge in [-0.15, -0.1) is 0 Å². The summed E-state index contributed by atoms with van der Waals surface area (Å²) >= 11 is 0. The van der Waals surface area contributed by atoms with Gasteiger partial charge in [-0.25, -0.2) is 0 Å². The molecule has 0 saturated heterocycles. The standard InChI is InChI=1S/C18H24N2O2/c1-13-9-14(2)11-15(10-13)19-7-8-20-17-12-16(21-3)5-6-18(17)22-4/h5-6,9-12,19-20H,7-8H2,1-4H3. The molecule has 2 N–H and O–H groups in total. The lowest BCUT2D eigenvalue weighted by atomic mass is 10.1. The van der Waals surface area contributed by atoms with Crippen LogP contribution in [0.5, 0.6) is 11.5 Å². The molecule has 0 radical (unpaired) electrons. The largest absolute Gasteiger partial charge is 0.497 e. The summed E-state index contributed by atoms with van der Waals surface area (Å²) in [5.41, 5.74) is 4.62. The Bertz CT molecular complexity index is 606. The predicted octanol–water partition coefficient (Wildman–Crippen LogP) is 3.84. The molecule has 0 bridgehead atoms. The zero-order valence-corrected chi connectivity index (χ0v) is 13.7. The molecule has 0 aromatic heterocycles. The number of rotatable bonds is 7. The van der Waals surface area contributed by atoms with Gasteiger partial charge in [-0.3, -0.25) is 0 Å². The minimum atomic E-state index is 0.788. The number of anilines is 2. The van der Waals surface area contributed by atoms with E-state index in [-0.39, 0.29) is 0 Å². The van der Waals surface area contributed by atoms with E-state index >= 15 is 0 Å². The summed E-state index contributed by atoms with van der Waals surface area (Å²) in [7, 11) is 3.33. The van der Waals surface area contributed by atoms with Crippen LogP contribution < -0.4 is 20.1 Å². The van der Waals surface area contributed by atoms with E-state index < -0.39 is 0 Å². The molecule has 2 rings (SSSR count). The van der Waals surface area contributed by atoms with Gasteiger partial charge in [0.15, 0.2) is 0 Å². The molecule has 0 aliphatic carbocycles. The summed E-state index contributed by atoms with van der Waals surface area (Å²) in [6, 6.07) is 12.2. The molecule has 2 aromatic carbocycles. The number of hydrogen-bond acceptors (Lipinski definition) is 4. The van der Waals surface area contributed by atoms with E-state index in [0.717, 1.165) is 36.0 Å². The molecule has 0 aliphatic rings. The molecular formula is C18H24N2O2. The van der Waals surface area contributed by atoms with Crippen molar-refractivity contribution in [2.75, 3.05) is 37.9 Å². The second kappa shape index (κ2) is 7.59. The average molecular weight is 300 g/mol. The highest BCUT2D eigenvalue weighted by atomic mass is 16.5. The van der Waals surface area contributed by atoms with E-state index in [1.54, 1.807) is 14.2 Å². The highest BCUT2D eigenvalue weighted by Gasteiger charge is 2.04. The normalized spacial score (nSPS) is 10.2. The number of ether oxygens (including phenoxy) is 2. The molecule has 0 aliphatic heterocycles. The van der Waals surface area contributed by atoms with E-state index in [9.17, 15) is 0 Å². The monoisotopic (exact) mass is 300 g/mol. The number of nitrogens with one attached hydrogen (secondary N) is 2. The second-order valence-corrected chi connectivity index (χ2v) is 5.30. The van der Waals surface area contributed by atoms with Crippen LogP contribution >= 0.6 is 0 Å². The van der Waals surface area contributed by atoms with Crippen LogP contribution in [0.3, 0.4) is 0 Å². The van der Waals surface area contributed by atoms with Crippen LogP contribution in [0.15, 0.2) is 36.4 Å². The van der Waals surface area contributed by atoms with Crippen LogP contribution in [0.4, 0.5) is 11.4 Å². The summed E-state index contributed by atoms with van der Waals surface area (Å²) in [4.78, 5) is 0. The van der Waals surface area contributed by atoms with Crippen molar-refractivity contribution in [3.63, 3.8) is 0 Å². The Hall–Kier alpha value is -2.36. The van der Waals surface area contributed by atoms with Gasteiger partial charge < -0.3 is 20.1 Å². The topological polar surface area (TPSA) is 42.5 Å². The van der Waals surface area contributed by atoms with Crippen molar-refractivity contribution in [1.29, 1.82) is 0 Å². The first-order valence-electron chi connectivity index (χ1n) is 7.40. The Kier molecular flexibility index (Phi) is 5.53. The minimum Gasteiger partial charge on any atom is -0.497 e. The van der Waals surface area contributed by atoms with Gasteiger partial charge in [0, 0.05) is 24.8 Å². The van der Waals surface area contributed by atoms with E-state index in [4.69, 9.17) is 9.47 Å². The molecule has 0 spiro atoms. The molecule has 0 heterocycles. The van der Waals surface area contributed by atoms with Gasteiger partial charge in [-0.05, 0) is 49.2 Å². The van der Waals surface area contributed by atoms with Crippen LogP contribution in [-0.4, -0.2) is 27.3 Å². The van der Waals surface area contributed by atoms with E-state index in [1.165, 1.54) is 11.1 Å². The first-order valence-corrected chi connectivity index (χ1v) is 7.40. The molecule has 118 valence electrons. The number of aryl methyl sites for hydroxylation is 2. The summed E-state index contributed by atoms with van der Waals surface area (Å²) in [6.07, 6.45) is 0. The Morgan fingerprint density at radius 1 is 0.818 bits per heavy atom. The molecule has 4 nitrogen and oxygen atoms in total. The number of benzene rings is 2. The Labute approximate surface area is 132 Å². The van der Waals surface area contributed by atoms with Crippen molar-refractivity contribution in [2.24, 2.45) is 0 Å². The molecule has 22 heavy (non-hydrogen) atoms. The van der Waals surface area contributed by atoms with Crippen molar-refractivity contribution in [3.8, 4) is 11.5 Å². The van der Waals surface area contributed by atoms with Crippen LogP contribution in [0, 0.1) is 13.8 Å². The van der Waals surface area contributed by atoms with Gasteiger partial charge in [-0.2, -0.15) is 0 Å². The molecular weight excluding hydrogens is 276 g/mol. The fourth-order valence-corrected chi connectivity index (χ4v) is 2.43. The summed E-state index contributed by atoms with van der Waals surface area (Å²) in [5.74, 6) is 1.62. The van der Waals surface area contributed by atoms with Gasteiger partial charge >= 0.3 is 0 Å². The molecule has 0 fully saturated rings. The SMILES string of the molecule is COc1ccc(OC)c(NCCNc2cc(C)cc(C)c2)c1. The van der Waals surface area contributed by atoms with Gasteiger partial charge in [0.25, 0.3) is 0 Å². The van der Waals surface area contributed by atoms with Crippen LogP contribution in [0.2, 0.25) is 0 Å². The van der Waals surface area contributed by atoms with Crippen molar-refractivity contribution >= 4 is 11.4 Å².